The summed E-state index contributed by atoms with van der Waals surface area (Å²) in [4.78, 5) is 48.8. The standard InChI is InChI=1S/2C26H30Cl2F3N7O/c2*1-15(20-6-5-19(27)10-21(20)28)38-25-23(24(35-38)26(29,30)31)33-11-22(34-25)37-13-18(14-37)17-4-3-8-36(12-17)9-7-32-16(2)39/h2*5-6,10-11,15,17-18H,3-4,7-9,12-14H2,1-2H3,(H,32,39)/t15-,17+;15-,17-/m11/s1. The van der Waals surface area contributed by atoms with Crippen LogP contribution in [0.15, 0.2) is 48.8 Å². The molecule has 78 heavy (non-hydrogen) atoms. The summed E-state index contributed by atoms with van der Waals surface area (Å²) >= 11 is 24.8. The molecule has 4 aliphatic rings. The second kappa shape index (κ2) is 23.8. The summed E-state index contributed by atoms with van der Waals surface area (Å²) in [5.74, 6) is 3.00. The van der Waals surface area contributed by atoms with E-state index in [0.717, 1.165) is 91.1 Å². The van der Waals surface area contributed by atoms with Gasteiger partial charge in [0, 0.05) is 99.4 Å². The number of alkyl halides is 6. The average molecular weight is 1170 g/mol. The lowest BCUT2D eigenvalue weighted by atomic mass is 9.80. The molecule has 6 aromatic rings. The molecule has 0 spiro atoms. The van der Waals surface area contributed by atoms with Gasteiger partial charge in [-0.25, -0.2) is 29.3 Å². The first-order chi connectivity index (χ1) is 37.0. The molecule has 2 aromatic carbocycles. The summed E-state index contributed by atoms with van der Waals surface area (Å²) in [7, 11) is 0. The van der Waals surface area contributed by atoms with E-state index in [1.807, 2.05) is 0 Å². The van der Waals surface area contributed by atoms with Crippen LogP contribution in [0.25, 0.3) is 22.3 Å². The lowest BCUT2D eigenvalue weighted by Gasteiger charge is -2.47. The minimum atomic E-state index is -4.68. The van der Waals surface area contributed by atoms with Gasteiger partial charge in [-0.05, 0) is 112 Å². The number of piperidine rings is 2. The van der Waals surface area contributed by atoms with Crippen LogP contribution < -0.4 is 20.4 Å². The number of nitrogens with one attached hydrogen (secondary N) is 2. The number of hydrogen-bond donors (Lipinski definition) is 2. The normalized spacial score (nSPS) is 19.8. The highest BCUT2D eigenvalue weighted by molar-refractivity contribution is 6.35. The van der Waals surface area contributed by atoms with Crippen molar-refractivity contribution in [1.82, 2.24) is 59.9 Å². The quantitative estimate of drug-likeness (QED) is 0.0997. The molecule has 26 heteroatoms. The highest BCUT2D eigenvalue weighted by atomic mass is 35.5. The SMILES string of the molecule is CC(=O)NCCN1CCC[C@@H](C2CN(c3cnc4c(C(F)(F)F)nn([C@H](C)c5ccc(Cl)cc5Cl)c4n3)C2)C1.CC(=O)NCCN1CCC[C@H](C2CN(c3cnc4c(C(F)(F)F)nn([C@H](C)c5ccc(Cl)cc5Cl)c4n3)C2)C1. The molecular weight excluding hydrogens is 1110 g/mol. The zero-order chi connectivity index (χ0) is 55.8. The fraction of sp³-hybridized carbons (Fsp3) is 0.538. The molecule has 0 radical (unpaired) electrons. The van der Waals surface area contributed by atoms with Crippen LogP contribution in [-0.4, -0.2) is 140 Å². The zero-order valence-electron chi connectivity index (χ0n) is 43.4. The van der Waals surface area contributed by atoms with Gasteiger partial charge in [0.05, 0.1) is 24.5 Å². The zero-order valence-corrected chi connectivity index (χ0v) is 46.4. The van der Waals surface area contributed by atoms with Crippen LogP contribution in [0.2, 0.25) is 20.1 Å². The maximum absolute atomic E-state index is 13.8. The minimum absolute atomic E-state index is 0.0226. The number of nitrogens with zero attached hydrogens (tertiary/aromatic N) is 12. The van der Waals surface area contributed by atoms with Crippen LogP contribution in [0.5, 0.6) is 0 Å². The lowest BCUT2D eigenvalue weighted by Crippen LogP contribution is -2.54. The summed E-state index contributed by atoms with van der Waals surface area (Å²) in [6, 6.07) is 8.47. The van der Waals surface area contributed by atoms with E-state index < -0.39 is 35.8 Å². The van der Waals surface area contributed by atoms with Crippen molar-refractivity contribution in [3.63, 3.8) is 0 Å². The summed E-state index contributed by atoms with van der Waals surface area (Å²) in [6.45, 7) is 16.5. The highest BCUT2D eigenvalue weighted by Gasteiger charge is 2.43. The molecule has 4 aromatic heterocycles. The number of anilines is 2. The second-order valence-corrected chi connectivity index (χ2v) is 22.5. The molecule has 2 N–H and O–H groups in total. The van der Waals surface area contributed by atoms with E-state index in [1.54, 1.807) is 50.2 Å². The van der Waals surface area contributed by atoms with Gasteiger partial charge in [0.1, 0.15) is 22.7 Å². The van der Waals surface area contributed by atoms with Gasteiger partial charge in [-0.15, -0.1) is 0 Å². The number of benzene rings is 2. The predicted molar refractivity (Wildman–Crippen MR) is 288 cm³/mol. The Kier molecular flexibility index (Phi) is 17.5. The van der Waals surface area contributed by atoms with Crippen LogP contribution in [-0.2, 0) is 21.9 Å². The topological polar surface area (TPSA) is 158 Å². The van der Waals surface area contributed by atoms with Gasteiger partial charge in [0.2, 0.25) is 11.8 Å². The molecule has 0 bridgehead atoms. The van der Waals surface area contributed by atoms with Gasteiger partial charge in [-0.1, -0.05) is 58.5 Å². The molecule has 4 saturated heterocycles. The molecule has 2 amide bonds. The lowest BCUT2D eigenvalue weighted by molar-refractivity contribution is -0.141. The summed E-state index contributed by atoms with van der Waals surface area (Å²) < 4.78 is 85.6. The summed E-state index contributed by atoms with van der Waals surface area (Å²) in [6.07, 6.45) is -2.06. The van der Waals surface area contributed by atoms with Crippen LogP contribution in [0.4, 0.5) is 38.0 Å². The Labute approximate surface area is 467 Å². The molecule has 4 aliphatic heterocycles. The molecule has 0 unspecified atom stereocenters. The van der Waals surface area contributed by atoms with E-state index in [-0.39, 0.29) is 34.1 Å². The largest absolute Gasteiger partial charge is 0.437 e. The van der Waals surface area contributed by atoms with Gasteiger partial charge in [0.15, 0.2) is 22.7 Å². The maximum atomic E-state index is 13.8. The number of amides is 2. The number of halogens is 10. The van der Waals surface area contributed by atoms with Gasteiger partial charge < -0.3 is 30.2 Å². The molecule has 4 fully saturated rings. The number of fused-ring (bicyclic) bond motifs is 2. The Hall–Kier alpha value is -5.26. The van der Waals surface area contributed by atoms with E-state index in [1.165, 1.54) is 35.6 Å². The Morgan fingerprint density at radius 3 is 1.33 bits per heavy atom. The summed E-state index contributed by atoms with van der Waals surface area (Å²) in [5.41, 5.74) is -1.45. The third-order valence-electron chi connectivity index (χ3n) is 15.4. The Morgan fingerprint density at radius 2 is 0.987 bits per heavy atom. The third kappa shape index (κ3) is 13.0. The molecule has 0 aliphatic carbocycles. The first-order valence-corrected chi connectivity index (χ1v) is 27.5. The van der Waals surface area contributed by atoms with Gasteiger partial charge in [0.25, 0.3) is 0 Å². The number of carbonyl (C=O) groups excluding carboxylic acids is 2. The van der Waals surface area contributed by atoms with Crippen molar-refractivity contribution in [2.45, 2.75) is 77.8 Å². The third-order valence-corrected chi connectivity index (χ3v) is 16.5. The van der Waals surface area contributed by atoms with Crippen molar-refractivity contribution in [3.8, 4) is 0 Å². The smallest absolute Gasteiger partial charge is 0.355 e. The van der Waals surface area contributed by atoms with Crippen molar-refractivity contribution in [1.29, 1.82) is 0 Å². The molecule has 10 rings (SSSR count). The van der Waals surface area contributed by atoms with Crippen LogP contribution in [0.1, 0.15) is 88.0 Å². The molecular formula is C52H60Cl4F6N14O2. The van der Waals surface area contributed by atoms with E-state index in [2.05, 4.69) is 60.4 Å². The number of aromatic nitrogens is 8. The van der Waals surface area contributed by atoms with Crippen LogP contribution in [0.3, 0.4) is 0 Å². The summed E-state index contributed by atoms with van der Waals surface area (Å²) in [5, 5.41) is 15.0. The molecule has 4 atom stereocenters. The van der Waals surface area contributed by atoms with Crippen LogP contribution >= 0.6 is 46.4 Å². The van der Waals surface area contributed by atoms with Gasteiger partial charge >= 0.3 is 12.4 Å². The molecule has 0 saturated carbocycles. The van der Waals surface area contributed by atoms with Gasteiger partial charge in [-0.2, -0.15) is 36.5 Å². The Morgan fingerprint density at radius 1 is 0.603 bits per heavy atom. The van der Waals surface area contributed by atoms with E-state index in [9.17, 15) is 35.9 Å². The van der Waals surface area contributed by atoms with Crippen molar-refractivity contribution in [2.24, 2.45) is 23.7 Å². The number of rotatable bonds is 14. The fourth-order valence-electron chi connectivity index (χ4n) is 11.1. The second-order valence-electron chi connectivity index (χ2n) is 20.8. The number of likely N-dealkylation sites (tertiary alicyclic amines) is 2. The van der Waals surface area contributed by atoms with Crippen molar-refractivity contribution in [2.75, 3.05) is 88.3 Å². The predicted octanol–water partition coefficient (Wildman–Crippen LogP) is 10.1. The Bertz CT molecular complexity index is 2920. The monoisotopic (exact) mass is 1170 g/mol. The first-order valence-electron chi connectivity index (χ1n) is 26.0. The molecule has 420 valence electrons. The van der Waals surface area contributed by atoms with Crippen molar-refractivity contribution in [3.05, 3.63) is 91.4 Å². The van der Waals surface area contributed by atoms with E-state index >= 15 is 0 Å². The molecule has 16 nitrogen and oxygen atoms in total. The average Bonchev–Trinajstić information content (AvgIpc) is 4.16. The highest BCUT2D eigenvalue weighted by Crippen LogP contribution is 2.41. The van der Waals surface area contributed by atoms with E-state index in [4.69, 9.17) is 46.4 Å². The number of hydrogen-bond acceptors (Lipinski definition) is 12. The van der Waals surface area contributed by atoms with Crippen molar-refractivity contribution >= 4 is 92.2 Å². The Balaban J connectivity index is 0.000000190. The van der Waals surface area contributed by atoms with Gasteiger partial charge in [-0.3, -0.25) is 9.59 Å². The van der Waals surface area contributed by atoms with Crippen molar-refractivity contribution < 1.29 is 35.9 Å². The number of carbonyl (C=O) groups is 2. The van der Waals surface area contributed by atoms with E-state index in [0.29, 0.717) is 79.6 Å². The fourth-order valence-corrected chi connectivity index (χ4v) is 12.2. The minimum Gasteiger partial charge on any atom is -0.355 e. The van der Waals surface area contributed by atoms with Crippen LogP contribution in [0, 0.1) is 23.7 Å². The maximum Gasteiger partial charge on any atom is 0.437 e. The molecule has 8 heterocycles. The first kappa shape index (κ1) is 57.4.